The van der Waals surface area contributed by atoms with E-state index in [1.165, 1.54) is 36.0 Å². The molecule has 27 heavy (non-hydrogen) atoms. The van der Waals surface area contributed by atoms with E-state index in [0.29, 0.717) is 28.0 Å². The number of nitrogens with zero attached hydrogens (tertiary/aromatic N) is 4. The highest BCUT2D eigenvalue weighted by Crippen LogP contribution is 2.23. The number of anilines is 1. The molecule has 0 radical (unpaired) electrons. The van der Waals surface area contributed by atoms with Crippen molar-refractivity contribution in [3.63, 3.8) is 0 Å². The number of amides is 1. The minimum absolute atomic E-state index is 0.290. The van der Waals surface area contributed by atoms with Crippen LogP contribution in [0.4, 0.5) is 10.1 Å². The predicted molar refractivity (Wildman–Crippen MR) is 96.3 cm³/mol. The first kappa shape index (κ1) is 16.7. The van der Waals surface area contributed by atoms with Crippen LogP contribution in [0.25, 0.3) is 16.6 Å². The van der Waals surface area contributed by atoms with Crippen molar-refractivity contribution in [2.45, 2.75) is 6.54 Å². The Labute approximate surface area is 151 Å². The molecule has 2 aromatic heterocycles. The lowest BCUT2D eigenvalue weighted by molar-refractivity contribution is -0.117. The molecule has 0 aliphatic rings. The maximum atomic E-state index is 13.4. The lowest BCUT2D eigenvalue weighted by atomic mass is 10.2. The summed E-state index contributed by atoms with van der Waals surface area (Å²) in [4.78, 5) is 28.9. The van der Waals surface area contributed by atoms with Gasteiger partial charge in [-0.25, -0.2) is 23.3 Å². The van der Waals surface area contributed by atoms with Gasteiger partial charge in [0.05, 0.1) is 18.3 Å². The summed E-state index contributed by atoms with van der Waals surface area (Å²) in [5, 5.41) is 7.41. The molecular formula is C18H14FN5O3. The number of hydrogen-bond donors (Lipinski definition) is 1. The van der Waals surface area contributed by atoms with Crippen LogP contribution < -0.4 is 15.7 Å². The minimum atomic E-state index is -0.515. The number of benzene rings is 2. The molecule has 0 bridgehead atoms. The summed E-state index contributed by atoms with van der Waals surface area (Å²) in [6, 6.07) is 11.0. The van der Waals surface area contributed by atoms with E-state index in [4.69, 9.17) is 4.74 Å². The molecule has 2 heterocycles. The van der Waals surface area contributed by atoms with Crippen molar-refractivity contribution in [3.8, 4) is 5.75 Å². The highest BCUT2D eigenvalue weighted by atomic mass is 19.1. The molecular weight excluding hydrogens is 353 g/mol. The van der Waals surface area contributed by atoms with Crippen LogP contribution in [0, 0.1) is 5.82 Å². The van der Waals surface area contributed by atoms with E-state index in [-0.39, 0.29) is 6.54 Å². The number of nitrogens with one attached hydrogen (secondary N) is 1. The number of carbonyl (C=O) groups excluding carboxylic acids is 1. The smallest absolute Gasteiger partial charge is 0.352 e. The molecule has 1 N–H and O–H groups in total. The number of rotatable bonds is 4. The van der Waals surface area contributed by atoms with Crippen molar-refractivity contribution in [1.82, 2.24) is 19.2 Å². The Balaban J connectivity index is 1.68. The average molecular weight is 367 g/mol. The van der Waals surface area contributed by atoms with E-state index in [1.54, 1.807) is 24.3 Å². The van der Waals surface area contributed by atoms with Crippen LogP contribution >= 0.6 is 0 Å². The van der Waals surface area contributed by atoms with E-state index in [1.807, 2.05) is 0 Å². The monoisotopic (exact) mass is 367 g/mol. The summed E-state index contributed by atoms with van der Waals surface area (Å²) < 4.78 is 20.8. The standard InChI is InChI=1S/C18H14FN5O3/c1-27-15-5-3-2-4-13(15)21-16(25)9-24-18(26)23-10-20-14-8-11(19)6-7-12(14)17(23)22-24/h2-8,10H,9H2,1H3,(H,21,25). The van der Waals surface area contributed by atoms with Crippen LogP contribution in [0.15, 0.2) is 53.6 Å². The molecule has 0 atom stereocenters. The van der Waals surface area contributed by atoms with Gasteiger partial charge in [0.2, 0.25) is 5.91 Å². The third-order valence-corrected chi connectivity index (χ3v) is 4.06. The summed E-state index contributed by atoms with van der Waals surface area (Å²) >= 11 is 0. The zero-order valence-electron chi connectivity index (χ0n) is 14.2. The Morgan fingerprint density at radius 3 is 2.89 bits per heavy atom. The maximum Gasteiger partial charge on any atom is 0.352 e. The number of hydrogen-bond acceptors (Lipinski definition) is 5. The molecule has 0 fully saturated rings. The number of halogens is 1. The molecule has 1 amide bonds. The molecule has 4 aromatic rings. The Morgan fingerprint density at radius 2 is 2.07 bits per heavy atom. The van der Waals surface area contributed by atoms with Gasteiger partial charge >= 0.3 is 5.69 Å². The van der Waals surface area contributed by atoms with E-state index in [0.717, 1.165) is 4.68 Å². The van der Waals surface area contributed by atoms with Gasteiger partial charge in [-0.15, -0.1) is 5.10 Å². The zero-order chi connectivity index (χ0) is 19.0. The van der Waals surface area contributed by atoms with Gasteiger partial charge in [0.25, 0.3) is 0 Å². The first-order chi connectivity index (χ1) is 13.1. The molecule has 2 aromatic carbocycles. The van der Waals surface area contributed by atoms with Gasteiger partial charge in [-0.1, -0.05) is 12.1 Å². The van der Waals surface area contributed by atoms with Crippen molar-refractivity contribution < 1.29 is 13.9 Å². The van der Waals surface area contributed by atoms with Crippen LogP contribution in [-0.4, -0.2) is 32.2 Å². The molecule has 0 saturated heterocycles. The molecule has 0 aliphatic carbocycles. The van der Waals surface area contributed by atoms with Crippen LogP contribution in [-0.2, 0) is 11.3 Å². The van der Waals surface area contributed by atoms with Crippen molar-refractivity contribution in [2.75, 3.05) is 12.4 Å². The Morgan fingerprint density at radius 1 is 1.26 bits per heavy atom. The second-order valence-corrected chi connectivity index (χ2v) is 5.79. The van der Waals surface area contributed by atoms with Gasteiger partial charge in [0.15, 0.2) is 5.65 Å². The maximum absolute atomic E-state index is 13.4. The van der Waals surface area contributed by atoms with Gasteiger partial charge in [-0.3, -0.25) is 4.79 Å². The van der Waals surface area contributed by atoms with Crippen LogP contribution in [0.3, 0.4) is 0 Å². The molecule has 0 aliphatic heterocycles. The number of methoxy groups -OCH3 is 1. The zero-order valence-corrected chi connectivity index (χ0v) is 14.2. The largest absolute Gasteiger partial charge is 0.495 e. The molecule has 136 valence electrons. The van der Waals surface area contributed by atoms with Gasteiger partial charge < -0.3 is 10.1 Å². The number of aromatic nitrogens is 4. The fraction of sp³-hybridized carbons (Fsp3) is 0.111. The van der Waals surface area contributed by atoms with Crippen LogP contribution in [0.5, 0.6) is 5.75 Å². The van der Waals surface area contributed by atoms with Gasteiger partial charge in [-0.05, 0) is 24.3 Å². The molecule has 8 nitrogen and oxygen atoms in total. The fourth-order valence-electron chi connectivity index (χ4n) is 2.81. The van der Waals surface area contributed by atoms with Gasteiger partial charge in [0.1, 0.15) is 24.4 Å². The number of carbonyl (C=O) groups is 1. The second-order valence-electron chi connectivity index (χ2n) is 5.79. The van der Waals surface area contributed by atoms with Crippen molar-refractivity contribution in [3.05, 3.63) is 65.1 Å². The third kappa shape index (κ3) is 2.99. The van der Waals surface area contributed by atoms with Crippen molar-refractivity contribution in [2.24, 2.45) is 0 Å². The lowest BCUT2D eigenvalue weighted by Crippen LogP contribution is -2.28. The average Bonchev–Trinajstić information content (AvgIpc) is 2.97. The number of ether oxygens (including phenoxy) is 1. The summed E-state index contributed by atoms with van der Waals surface area (Å²) in [6.07, 6.45) is 1.26. The van der Waals surface area contributed by atoms with E-state index in [2.05, 4.69) is 15.4 Å². The van der Waals surface area contributed by atoms with Crippen LogP contribution in [0.2, 0.25) is 0 Å². The van der Waals surface area contributed by atoms with Gasteiger partial charge in [0, 0.05) is 11.5 Å². The molecule has 0 saturated carbocycles. The molecule has 4 rings (SSSR count). The normalized spacial score (nSPS) is 11.0. The van der Waals surface area contributed by atoms with Crippen molar-refractivity contribution in [1.29, 1.82) is 0 Å². The highest BCUT2D eigenvalue weighted by molar-refractivity contribution is 5.93. The summed E-state index contributed by atoms with van der Waals surface area (Å²) in [5.41, 5.74) is 0.650. The SMILES string of the molecule is COc1ccccc1NC(=O)Cn1nc2c3ccc(F)cc3ncn2c1=O. The van der Waals surface area contributed by atoms with E-state index >= 15 is 0 Å². The Bertz CT molecular complexity index is 1230. The summed E-state index contributed by atoms with van der Waals surface area (Å²) in [5.74, 6) is -0.365. The molecule has 0 unspecified atom stereocenters. The minimum Gasteiger partial charge on any atom is -0.495 e. The summed E-state index contributed by atoms with van der Waals surface area (Å²) in [6.45, 7) is -0.290. The van der Waals surface area contributed by atoms with E-state index in [9.17, 15) is 14.0 Å². The Hall–Kier alpha value is -3.75. The van der Waals surface area contributed by atoms with Crippen LogP contribution in [0.1, 0.15) is 0 Å². The van der Waals surface area contributed by atoms with Crippen molar-refractivity contribution >= 4 is 28.1 Å². The van der Waals surface area contributed by atoms with Gasteiger partial charge in [-0.2, -0.15) is 0 Å². The third-order valence-electron chi connectivity index (χ3n) is 4.06. The Kier molecular flexibility index (Phi) is 4.03. The molecule has 0 spiro atoms. The number of para-hydroxylation sites is 2. The predicted octanol–water partition coefficient (Wildman–Crippen LogP) is 1.83. The quantitative estimate of drug-likeness (QED) is 0.594. The molecule has 9 heteroatoms. The first-order valence-corrected chi connectivity index (χ1v) is 8.03. The lowest BCUT2D eigenvalue weighted by Gasteiger charge is -2.09. The summed E-state index contributed by atoms with van der Waals surface area (Å²) in [7, 11) is 1.50. The first-order valence-electron chi connectivity index (χ1n) is 8.03. The topological polar surface area (TPSA) is 90.5 Å². The highest BCUT2D eigenvalue weighted by Gasteiger charge is 2.15. The number of fused-ring (bicyclic) bond motifs is 3. The second kappa shape index (κ2) is 6.52. The fourth-order valence-corrected chi connectivity index (χ4v) is 2.81. The van der Waals surface area contributed by atoms with E-state index < -0.39 is 17.4 Å².